The Morgan fingerprint density at radius 3 is 2.56 bits per heavy atom. The number of fused-ring (bicyclic) bond motifs is 1. The van der Waals surface area contributed by atoms with E-state index in [1.54, 1.807) is 18.2 Å². The van der Waals surface area contributed by atoms with Crippen molar-refractivity contribution in [2.75, 3.05) is 26.4 Å². The fourth-order valence-corrected chi connectivity index (χ4v) is 2.71. The molecule has 0 radical (unpaired) electrons. The van der Waals surface area contributed by atoms with Gasteiger partial charge in [0.25, 0.3) is 0 Å². The zero-order valence-corrected chi connectivity index (χ0v) is 15.1. The van der Waals surface area contributed by atoms with Crippen LogP contribution in [-0.4, -0.2) is 36.6 Å². The normalized spacial score (nSPS) is 13.4. The number of aliphatic hydroxyl groups is 2. The maximum Gasteiger partial charge on any atom is 0.176 e. The van der Waals surface area contributed by atoms with Crippen molar-refractivity contribution in [3.63, 3.8) is 0 Å². The number of unbranched alkanes of at least 4 members (excludes halogenated alkanes) is 5. The Hall–Kier alpha value is -1.88. The van der Waals surface area contributed by atoms with E-state index >= 15 is 0 Å². The second kappa shape index (κ2) is 10.9. The molecule has 1 aromatic carbocycles. The van der Waals surface area contributed by atoms with Crippen LogP contribution in [0.2, 0.25) is 0 Å². The minimum atomic E-state index is 0.101. The third kappa shape index (κ3) is 6.16. The summed E-state index contributed by atoms with van der Waals surface area (Å²) in [7, 11) is 0. The van der Waals surface area contributed by atoms with E-state index in [2.05, 4.69) is 6.92 Å². The van der Waals surface area contributed by atoms with E-state index in [1.807, 2.05) is 0 Å². The molecular formula is C20H30O5. The lowest BCUT2D eigenvalue weighted by molar-refractivity contribution is 0.153. The molecule has 0 amide bonds. The minimum absolute atomic E-state index is 0.101. The number of hydrogen-bond donors (Lipinski definition) is 2. The molecule has 140 valence electrons. The van der Waals surface area contributed by atoms with Crippen LogP contribution in [0, 0.1) is 0 Å². The van der Waals surface area contributed by atoms with Gasteiger partial charge in [-0.05, 0) is 18.6 Å². The van der Waals surface area contributed by atoms with Crippen LogP contribution in [-0.2, 0) is 4.74 Å². The molecule has 0 unspecified atom stereocenters. The van der Waals surface area contributed by atoms with Crippen LogP contribution in [0.3, 0.4) is 0 Å². The summed E-state index contributed by atoms with van der Waals surface area (Å²) in [5, 5.41) is 19.2. The summed E-state index contributed by atoms with van der Waals surface area (Å²) >= 11 is 0. The highest BCUT2D eigenvalue weighted by atomic mass is 16.5. The van der Waals surface area contributed by atoms with Crippen LogP contribution >= 0.6 is 0 Å². The standard InChI is InChI=1S/C20H30O5/c1-2-3-4-5-6-7-12-24-19-15-25-18-14-16(23-13-8-11-21)9-10-17(18)20(19)22/h9-10,14,21-22H,2-8,11-13,15H2,1H3. The third-order valence-corrected chi connectivity index (χ3v) is 4.18. The van der Waals surface area contributed by atoms with Crippen LogP contribution in [0.15, 0.2) is 24.0 Å². The van der Waals surface area contributed by atoms with Crippen molar-refractivity contribution in [3.05, 3.63) is 29.5 Å². The second-order valence-corrected chi connectivity index (χ2v) is 6.26. The van der Waals surface area contributed by atoms with Gasteiger partial charge < -0.3 is 24.4 Å². The lowest BCUT2D eigenvalue weighted by atomic mass is 10.1. The maximum atomic E-state index is 10.4. The summed E-state index contributed by atoms with van der Waals surface area (Å²) < 4.78 is 16.9. The van der Waals surface area contributed by atoms with Gasteiger partial charge in [-0.3, -0.25) is 0 Å². The summed E-state index contributed by atoms with van der Waals surface area (Å²) in [6, 6.07) is 5.31. The lowest BCUT2D eigenvalue weighted by Gasteiger charge is -2.21. The summed E-state index contributed by atoms with van der Waals surface area (Å²) in [5.41, 5.74) is 0.624. The minimum Gasteiger partial charge on any atom is -0.504 e. The van der Waals surface area contributed by atoms with E-state index in [0.29, 0.717) is 42.5 Å². The zero-order valence-electron chi connectivity index (χ0n) is 15.1. The van der Waals surface area contributed by atoms with E-state index in [9.17, 15) is 5.11 Å². The van der Waals surface area contributed by atoms with Gasteiger partial charge in [0, 0.05) is 19.1 Å². The molecule has 1 aliphatic heterocycles. The van der Waals surface area contributed by atoms with E-state index in [0.717, 1.165) is 12.8 Å². The largest absolute Gasteiger partial charge is 0.504 e. The van der Waals surface area contributed by atoms with Crippen molar-refractivity contribution < 1.29 is 24.4 Å². The van der Waals surface area contributed by atoms with Crippen molar-refractivity contribution in [2.45, 2.75) is 51.9 Å². The smallest absolute Gasteiger partial charge is 0.176 e. The van der Waals surface area contributed by atoms with Crippen LogP contribution in [0.25, 0.3) is 5.76 Å². The Balaban J connectivity index is 1.83. The predicted molar refractivity (Wildman–Crippen MR) is 98.0 cm³/mol. The zero-order chi connectivity index (χ0) is 17.9. The monoisotopic (exact) mass is 350 g/mol. The Labute approximate surface area is 150 Å². The molecule has 5 heteroatoms. The first kappa shape index (κ1) is 19.4. The number of benzene rings is 1. The molecule has 0 fully saturated rings. The van der Waals surface area contributed by atoms with Crippen LogP contribution in [0.4, 0.5) is 0 Å². The molecule has 0 spiro atoms. The van der Waals surface area contributed by atoms with Gasteiger partial charge in [0.15, 0.2) is 11.5 Å². The molecule has 2 N–H and O–H groups in total. The first-order chi connectivity index (χ1) is 12.3. The highest BCUT2D eigenvalue weighted by Crippen LogP contribution is 2.34. The molecule has 0 saturated carbocycles. The Bertz CT molecular complexity index is 553. The van der Waals surface area contributed by atoms with Gasteiger partial charge in [-0.25, -0.2) is 0 Å². The SMILES string of the molecule is CCCCCCCCOC1=C(O)c2ccc(OCCCO)cc2OC1. The summed E-state index contributed by atoms with van der Waals surface area (Å²) in [6.45, 7) is 3.60. The Kier molecular flexibility index (Phi) is 8.46. The van der Waals surface area contributed by atoms with Gasteiger partial charge in [-0.2, -0.15) is 0 Å². The molecular weight excluding hydrogens is 320 g/mol. The van der Waals surface area contributed by atoms with Crippen molar-refractivity contribution >= 4 is 5.76 Å². The highest BCUT2D eigenvalue weighted by molar-refractivity contribution is 5.69. The molecule has 0 aromatic heterocycles. The molecule has 25 heavy (non-hydrogen) atoms. The number of hydrogen-bond acceptors (Lipinski definition) is 5. The molecule has 0 atom stereocenters. The number of aliphatic hydroxyl groups excluding tert-OH is 2. The molecule has 0 aliphatic carbocycles. The van der Waals surface area contributed by atoms with Crippen molar-refractivity contribution in [2.24, 2.45) is 0 Å². The molecule has 1 aromatic rings. The van der Waals surface area contributed by atoms with Crippen molar-refractivity contribution in [3.8, 4) is 11.5 Å². The highest BCUT2D eigenvalue weighted by Gasteiger charge is 2.21. The van der Waals surface area contributed by atoms with Gasteiger partial charge in [-0.1, -0.05) is 39.0 Å². The van der Waals surface area contributed by atoms with Gasteiger partial charge >= 0.3 is 0 Å². The summed E-state index contributed by atoms with van der Waals surface area (Å²) in [6.07, 6.45) is 7.79. The van der Waals surface area contributed by atoms with E-state index < -0.39 is 0 Å². The molecule has 1 aliphatic rings. The third-order valence-electron chi connectivity index (χ3n) is 4.18. The summed E-state index contributed by atoms with van der Waals surface area (Å²) in [4.78, 5) is 0. The molecule has 2 rings (SSSR count). The number of rotatable bonds is 12. The topological polar surface area (TPSA) is 68.2 Å². The average Bonchev–Trinajstić information content (AvgIpc) is 2.63. The molecule has 5 nitrogen and oxygen atoms in total. The van der Waals surface area contributed by atoms with Crippen LogP contribution < -0.4 is 9.47 Å². The lowest BCUT2D eigenvalue weighted by Crippen LogP contribution is -2.14. The van der Waals surface area contributed by atoms with E-state index in [4.69, 9.17) is 19.3 Å². The van der Waals surface area contributed by atoms with Crippen LogP contribution in [0.5, 0.6) is 11.5 Å². The van der Waals surface area contributed by atoms with E-state index in [1.165, 1.54) is 25.7 Å². The van der Waals surface area contributed by atoms with E-state index in [-0.39, 0.29) is 19.0 Å². The predicted octanol–water partition coefficient (Wildman–Crippen LogP) is 4.44. The average molecular weight is 350 g/mol. The maximum absolute atomic E-state index is 10.4. The fraction of sp³-hybridized carbons (Fsp3) is 0.600. The van der Waals surface area contributed by atoms with Crippen LogP contribution in [0.1, 0.15) is 57.4 Å². The first-order valence-corrected chi connectivity index (χ1v) is 9.32. The van der Waals surface area contributed by atoms with Crippen molar-refractivity contribution in [1.82, 2.24) is 0 Å². The molecule has 1 heterocycles. The second-order valence-electron chi connectivity index (χ2n) is 6.26. The van der Waals surface area contributed by atoms with Gasteiger partial charge in [0.2, 0.25) is 0 Å². The van der Waals surface area contributed by atoms with Crippen molar-refractivity contribution in [1.29, 1.82) is 0 Å². The quantitative estimate of drug-likeness (QED) is 0.545. The fourth-order valence-electron chi connectivity index (χ4n) is 2.71. The van der Waals surface area contributed by atoms with Gasteiger partial charge in [0.1, 0.15) is 18.1 Å². The van der Waals surface area contributed by atoms with Gasteiger partial charge in [-0.15, -0.1) is 0 Å². The summed E-state index contributed by atoms with van der Waals surface area (Å²) in [5.74, 6) is 1.89. The molecule has 0 saturated heterocycles. The first-order valence-electron chi connectivity index (χ1n) is 9.32. The number of ether oxygens (including phenoxy) is 3. The molecule has 0 bridgehead atoms. The van der Waals surface area contributed by atoms with Gasteiger partial charge in [0.05, 0.1) is 18.8 Å². The Morgan fingerprint density at radius 1 is 1.00 bits per heavy atom. The Morgan fingerprint density at radius 2 is 1.76 bits per heavy atom.